The molecule has 1 aliphatic heterocycles. The van der Waals surface area contributed by atoms with Crippen LogP contribution in [0.1, 0.15) is 56.3 Å². The van der Waals surface area contributed by atoms with Crippen LogP contribution in [0.3, 0.4) is 0 Å². The summed E-state index contributed by atoms with van der Waals surface area (Å²) in [6, 6.07) is 6.08. The number of aryl methyl sites for hydroxylation is 1. The van der Waals surface area contributed by atoms with Gasteiger partial charge in [-0.3, -0.25) is 21.5 Å². The smallest absolute Gasteiger partial charge is 0.545 e. The van der Waals surface area contributed by atoms with E-state index < -0.39 is 6.10 Å². The zero-order valence-corrected chi connectivity index (χ0v) is 23.2. The van der Waals surface area contributed by atoms with E-state index in [9.17, 15) is 9.90 Å². The number of aliphatic hydroxyl groups excluding tert-OH is 1. The molecule has 0 radical (unpaired) electrons. The van der Waals surface area contributed by atoms with Crippen molar-refractivity contribution >= 4 is 18.4 Å². The number of aliphatic imine (C=N–C) groups is 1. The number of benzene rings is 1. The molecule has 1 aromatic carbocycles. The Kier molecular flexibility index (Phi) is 16.2. The van der Waals surface area contributed by atoms with E-state index in [4.69, 9.17) is 10.5 Å². The molecule has 0 aromatic heterocycles. The fourth-order valence-electron chi connectivity index (χ4n) is 3.98. The maximum Gasteiger partial charge on any atom is 1.00 e. The van der Waals surface area contributed by atoms with Gasteiger partial charge in [-0.05, 0) is 68.3 Å². The van der Waals surface area contributed by atoms with Crippen molar-refractivity contribution in [3.05, 3.63) is 53.6 Å². The second-order valence-corrected chi connectivity index (χ2v) is 7.65. The van der Waals surface area contributed by atoms with Gasteiger partial charge in [0.05, 0.1) is 23.9 Å². The van der Waals surface area contributed by atoms with Gasteiger partial charge in [0.1, 0.15) is 0 Å². The average molecular weight is 468 g/mol. The summed E-state index contributed by atoms with van der Waals surface area (Å²) in [7, 11) is 1.88. The number of nitrogens with zero attached hydrogens (tertiary/aromatic N) is 2. The van der Waals surface area contributed by atoms with Gasteiger partial charge in [-0.15, -0.1) is 0 Å². The molecule has 1 aromatic rings. The third-order valence-electron chi connectivity index (χ3n) is 5.24. The van der Waals surface area contributed by atoms with Crippen LogP contribution >= 0.6 is 0 Å². The zero-order valence-electron chi connectivity index (χ0n) is 20.0. The first-order chi connectivity index (χ1) is 14.9. The number of carbonyl (C=O) groups is 1. The summed E-state index contributed by atoms with van der Waals surface area (Å²) in [5, 5.41) is 12.9. The third kappa shape index (κ3) is 8.82. The van der Waals surface area contributed by atoms with Gasteiger partial charge in [0, 0.05) is 13.1 Å². The molecule has 3 unspecified atom stereocenters. The number of likely N-dealkylation sites (tertiary alicyclic amines) is 1. The first kappa shape index (κ1) is 31.1. The third-order valence-corrected chi connectivity index (χ3v) is 5.24. The Balaban J connectivity index is 0.00000148. The van der Waals surface area contributed by atoms with Crippen LogP contribution in [0.4, 0.5) is 0 Å². The summed E-state index contributed by atoms with van der Waals surface area (Å²) in [5.74, 6) is 0.00489. The minimum atomic E-state index is -0.416. The first-order valence-electron chi connectivity index (χ1n) is 10.7. The Bertz CT molecular complexity index is 770. The summed E-state index contributed by atoms with van der Waals surface area (Å²) >= 11 is 0. The number of amides is 1. The quantitative estimate of drug-likeness (QED) is 0.225. The van der Waals surface area contributed by atoms with E-state index in [1.807, 2.05) is 51.3 Å². The van der Waals surface area contributed by atoms with Crippen molar-refractivity contribution in [2.45, 2.75) is 58.2 Å². The van der Waals surface area contributed by atoms with E-state index in [0.29, 0.717) is 19.5 Å². The van der Waals surface area contributed by atoms with Crippen LogP contribution in [0.25, 0.3) is 0 Å². The molecule has 4 N–H and O–H groups in total. The summed E-state index contributed by atoms with van der Waals surface area (Å²) in [6.45, 7) is 10.5. The maximum atomic E-state index is 12.6. The normalized spacial score (nSPS) is 22.2. The number of carbonyl (C=O) groups excluding carboxylic acids is 2. The molecule has 3 rings (SSSR count). The molecule has 1 heterocycles. The van der Waals surface area contributed by atoms with Crippen LogP contribution in [0.15, 0.2) is 35.5 Å². The Morgan fingerprint density at radius 2 is 2.06 bits per heavy atom. The predicted molar refractivity (Wildman–Crippen MR) is 125 cm³/mol. The number of nitrogens with one attached hydrogen (secondary N) is 1. The molecule has 8 heteroatoms. The van der Waals surface area contributed by atoms with E-state index >= 15 is 0 Å². The van der Waals surface area contributed by atoms with Crippen molar-refractivity contribution in [2.75, 3.05) is 20.1 Å². The summed E-state index contributed by atoms with van der Waals surface area (Å²) < 4.78 is 0. The molecule has 1 saturated heterocycles. The van der Waals surface area contributed by atoms with E-state index in [1.165, 1.54) is 17.3 Å². The fraction of sp³-hybridized carbons (Fsp3) is 0.500. The van der Waals surface area contributed by atoms with Crippen LogP contribution in [-0.2, 0) is 16.0 Å². The summed E-state index contributed by atoms with van der Waals surface area (Å²) in [5.41, 5.74) is 9.90. The fourth-order valence-corrected chi connectivity index (χ4v) is 3.98. The minimum absolute atomic E-state index is 0. The van der Waals surface area contributed by atoms with Gasteiger partial charge >= 0.3 is 51.4 Å². The van der Waals surface area contributed by atoms with Crippen LogP contribution in [0.2, 0.25) is 0 Å². The second kappa shape index (κ2) is 16.7. The summed E-state index contributed by atoms with van der Waals surface area (Å²) in [4.78, 5) is 26.8. The average Bonchev–Trinajstić information content (AvgIpc) is 3.31. The summed E-state index contributed by atoms with van der Waals surface area (Å²) in [6.07, 6.45) is 7.25. The SMILES string of the molecule is CCN=C(/C=C\N)c1ccc2c(c1)CCC2NC(=O)C1CC(O)CN1C.C[CH-]C.[CH-]=O.[K+]. The molecule has 1 amide bonds. The van der Waals surface area contributed by atoms with Gasteiger partial charge in [-0.1, -0.05) is 12.1 Å². The van der Waals surface area contributed by atoms with Crippen LogP contribution in [0, 0.1) is 6.42 Å². The van der Waals surface area contributed by atoms with E-state index in [2.05, 4.69) is 29.2 Å². The van der Waals surface area contributed by atoms with E-state index in [1.54, 1.807) is 0 Å². The Hall–Kier alpha value is -0.874. The number of aliphatic hydroxyl groups is 1. The molecule has 3 atom stereocenters. The molecular formula is C24H36KN4O3-. The molecule has 32 heavy (non-hydrogen) atoms. The van der Waals surface area contributed by atoms with Gasteiger partial charge < -0.3 is 27.4 Å². The van der Waals surface area contributed by atoms with E-state index in [-0.39, 0.29) is 69.4 Å². The number of fused-ring (bicyclic) bond motifs is 1. The van der Waals surface area contributed by atoms with Crippen LogP contribution in [0.5, 0.6) is 0 Å². The van der Waals surface area contributed by atoms with Crippen molar-refractivity contribution < 1.29 is 66.1 Å². The monoisotopic (exact) mass is 467 g/mol. The number of β-amino-alcohol motifs (C(OH)–C–C–N with tert-alkyl or cyclic N) is 1. The molecule has 7 nitrogen and oxygen atoms in total. The van der Waals surface area contributed by atoms with E-state index in [0.717, 1.165) is 24.1 Å². The van der Waals surface area contributed by atoms with Crippen molar-refractivity contribution in [1.29, 1.82) is 0 Å². The second-order valence-electron chi connectivity index (χ2n) is 7.65. The van der Waals surface area contributed by atoms with Crippen LogP contribution in [-0.4, -0.2) is 60.7 Å². The number of rotatable bonds is 5. The molecule has 2 aliphatic rings. The Morgan fingerprint density at radius 1 is 1.41 bits per heavy atom. The maximum absolute atomic E-state index is 12.6. The molecule has 172 valence electrons. The molecule has 0 spiro atoms. The topological polar surface area (TPSA) is 108 Å². The molecular weight excluding hydrogens is 431 g/mol. The molecule has 1 fully saturated rings. The van der Waals surface area contributed by atoms with Gasteiger partial charge in [0.2, 0.25) is 5.91 Å². The molecule has 1 aliphatic carbocycles. The largest absolute Gasteiger partial charge is 1.00 e. The number of nitrogens with two attached hydrogens (primary N) is 1. The number of hydrogen-bond acceptors (Lipinski definition) is 6. The number of hydrogen-bond donors (Lipinski definition) is 3. The molecule has 0 saturated carbocycles. The van der Waals surface area contributed by atoms with Crippen molar-refractivity contribution in [1.82, 2.24) is 10.2 Å². The van der Waals surface area contributed by atoms with Crippen molar-refractivity contribution in [3.63, 3.8) is 0 Å². The van der Waals surface area contributed by atoms with Crippen molar-refractivity contribution in [2.24, 2.45) is 10.7 Å². The van der Waals surface area contributed by atoms with Crippen molar-refractivity contribution in [3.8, 4) is 0 Å². The van der Waals surface area contributed by atoms with Gasteiger partial charge in [-0.2, -0.15) is 13.8 Å². The predicted octanol–water partition coefficient (Wildman–Crippen LogP) is -0.903. The van der Waals surface area contributed by atoms with Gasteiger partial charge in [-0.25, -0.2) is 0 Å². The Labute approximate surface area is 235 Å². The van der Waals surface area contributed by atoms with Gasteiger partial charge in [0.15, 0.2) is 0 Å². The minimum Gasteiger partial charge on any atom is -0.545 e. The van der Waals surface area contributed by atoms with Crippen LogP contribution < -0.4 is 62.4 Å². The number of likely N-dealkylation sites (N-methyl/N-ethyl adjacent to an activating group) is 1. The molecule has 0 bridgehead atoms. The zero-order chi connectivity index (χ0) is 23.4. The number of allylic oxidation sites excluding steroid dienone is 1. The Morgan fingerprint density at radius 3 is 2.59 bits per heavy atom. The first-order valence-corrected chi connectivity index (χ1v) is 10.7. The van der Waals surface area contributed by atoms with Gasteiger partial charge in [0.25, 0.3) is 0 Å². The standard InChI is InChI=1S/C20H28N4O2.C3H7.CHO.K/c1-3-22-17(8-9-21)14-4-6-16-13(10-14)5-7-18(16)23-20(26)19-11-15(25)12-24(19)2;1-3-2;1-2;/h4,6,8-10,15,18-19,25H,3,5,7,11-12,21H2,1-2H3,(H,23,26);3H,1-2H3;1H;/q;2*-1;+1/b9-8-,22-17?;;;.